The third kappa shape index (κ3) is 3.67. The Morgan fingerprint density at radius 2 is 1.71 bits per heavy atom. The minimum absolute atomic E-state index is 0.106. The number of nitrogens with zero attached hydrogens (tertiary/aromatic N) is 4. The fourth-order valence-corrected chi connectivity index (χ4v) is 2.39. The van der Waals surface area contributed by atoms with Gasteiger partial charge in [-0.05, 0) is 17.7 Å². The van der Waals surface area contributed by atoms with E-state index in [1.165, 1.54) is 11.0 Å². The van der Waals surface area contributed by atoms with Crippen LogP contribution in [0.5, 0.6) is 0 Å². The van der Waals surface area contributed by atoms with Crippen molar-refractivity contribution >= 4 is 5.91 Å². The third-order valence-corrected chi connectivity index (χ3v) is 3.57. The average molecular weight is 322 g/mol. The molecular formula is C18H18N4O2. The number of benzene rings is 2. The third-order valence-electron chi connectivity index (χ3n) is 3.57. The number of carbonyl (C=O) groups excluding carboxylic acids is 1. The van der Waals surface area contributed by atoms with Crippen LogP contribution in [0, 0.1) is 0 Å². The first-order chi connectivity index (χ1) is 11.8. The van der Waals surface area contributed by atoms with Gasteiger partial charge in [-0.3, -0.25) is 4.79 Å². The molecule has 0 bridgehead atoms. The first kappa shape index (κ1) is 15.9. The summed E-state index contributed by atoms with van der Waals surface area (Å²) in [5.41, 5.74) is 2.03. The standard InChI is InChI=1S/C18H18N4O2/c23-12-11-21(14-15-7-3-1-4-8-15)18(24)17-13-19-22(20-17)16-9-5-2-6-10-16/h1-10,13,23H,11-12,14H2. The van der Waals surface area contributed by atoms with Crippen LogP contribution in [0.3, 0.4) is 0 Å². The lowest BCUT2D eigenvalue weighted by atomic mass is 10.2. The van der Waals surface area contributed by atoms with Gasteiger partial charge in [-0.1, -0.05) is 48.5 Å². The number of aromatic nitrogens is 3. The zero-order valence-electron chi connectivity index (χ0n) is 13.1. The molecule has 24 heavy (non-hydrogen) atoms. The first-order valence-corrected chi connectivity index (χ1v) is 7.70. The van der Waals surface area contributed by atoms with Crippen molar-refractivity contribution in [2.45, 2.75) is 6.54 Å². The fraction of sp³-hybridized carbons (Fsp3) is 0.167. The van der Waals surface area contributed by atoms with Crippen LogP contribution in [0.1, 0.15) is 16.1 Å². The molecule has 0 unspecified atom stereocenters. The Kier molecular flexibility index (Phi) is 4.98. The van der Waals surface area contributed by atoms with Gasteiger partial charge in [0.2, 0.25) is 0 Å². The lowest BCUT2D eigenvalue weighted by molar-refractivity contribution is 0.0701. The van der Waals surface area contributed by atoms with Crippen molar-refractivity contribution in [1.82, 2.24) is 19.9 Å². The van der Waals surface area contributed by atoms with Crippen LogP contribution in [0.15, 0.2) is 66.9 Å². The second kappa shape index (κ2) is 7.52. The van der Waals surface area contributed by atoms with Gasteiger partial charge in [-0.15, -0.1) is 5.10 Å². The summed E-state index contributed by atoms with van der Waals surface area (Å²) in [6.07, 6.45) is 1.45. The zero-order valence-corrected chi connectivity index (χ0v) is 13.1. The molecule has 0 aliphatic rings. The quantitative estimate of drug-likeness (QED) is 0.752. The molecule has 1 aromatic heterocycles. The molecule has 1 amide bonds. The maximum atomic E-state index is 12.7. The van der Waals surface area contributed by atoms with Gasteiger partial charge in [0.15, 0.2) is 5.69 Å². The van der Waals surface area contributed by atoms with Crippen LogP contribution in [0.4, 0.5) is 0 Å². The number of hydrogen-bond acceptors (Lipinski definition) is 4. The van der Waals surface area contributed by atoms with Crippen molar-refractivity contribution in [2.24, 2.45) is 0 Å². The molecular weight excluding hydrogens is 304 g/mol. The average Bonchev–Trinajstić information content (AvgIpc) is 3.12. The van der Waals surface area contributed by atoms with E-state index in [0.717, 1.165) is 11.3 Å². The van der Waals surface area contributed by atoms with E-state index in [4.69, 9.17) is 0 Å². The summed E-state index contributed by atoms with van der Waals surface area (Å²) in [5, 5.41) is 17.7. The Labute approximate surface area is 140 Å². The van der Waals surface area contributed by atoms with Crippen LogP contribution in [-0.4, -0.2) is 44.1 Å². The predicted octanol–water partition coefficient (Wildman–Crippen LogP) is 1.90. The van der Waals surface area contributed by atoms with Gasteiger partial charge in [-0.2, -0.15) is 9.90 Å². The van der Waals surface area contributed by atoms with E-state index in [-0.39, 0.29) is 24.8 Å². The van der Waals surface area contributed by atoms with Crippen molar-refractivity contribution in [2.75, 3.05) is 13.2 Å². The molecule has 3 rings (SSSR count). The summed E-state index contributed by atoms with van der Waals surface area (Å²) in [5.74, 6) is -0.255. The van der Waals surface area contributed by atoms with E-state index < -0.39 is 0 Å². The number of hydrogen-bond donors (Lipinski definition) is 1. The summed E-state index contributed by atoms with van der Waals surface area (Å²) in [6, 6.07) is 19.0. The van der Waals surface area contributed by atoms with Gasteiger partial charge < -0.3 is 10.0 Å². The van der Waals surface area contributed by atoms with E-state index in [9.17, 15) is 9.90 Å². The smallest absolute Gasteiger partial charge is 0.276 e. The Balaban J connectivity index is 1.79. The molecule has 6 nitrogen and oxygen atoms in total. The maximum Gasteiger partial charge on any atom is 0.276 e. The molecule has 0 spiro atoms. The lowest BCUT2D eigenvalue weighted by Gasteiger charge is -2.20. The number of amides is 1. The van der Waals surface area contributed by atoms with Gasteiger partial charge in [0.1, 0.15) is 0 Å². The van der Waals surface area contributed by atoms with Crippen LogP contribution < -0.4 is 0 Å². The van der Waals surface area contributed by atoms with E-state index in [2.05, 4.69) is 10.2 Å². The summed E-state index contributed by atoms with van der Waals surface area (Å²) in [7, 11) is 0. The van der Waals surface area contributed by atoms with Gasteiger partial charge in [0.05, 0.1) is 18.5 Å². The van der Waals surface area contributed by atoms with E-state index in [1.54, 1.807) is 4.90 Å². The topological polar surface area (TPSA) is 71.2 Å². The highest BCUT2D eigenvalue weighted by Gasteiger charge is 2.19. The molecule has 0 fully saturated rings. The van der Waals surface area contributed by atoms with Gasteiger partial charge in [-0.25, -0.2) is 0 Å². The molecule has 0 aliphatic heterocycles. The molecule has 122 valence electrons. The minimum atomic E-state index is -0.255. The Hall–Kier alpha value is -2.99. The SMILES string of the molecule is O=C(c1cnn(-c2ccccc2)n1)N(CCO)Cc1ccccc1. The second-order valence-electron chi connectivity index (χ2n) is 5.29. The number of para-hydroxylation sites is 1. The molecule has 0 atom stereocenters. The normalized spacial score (nSPS) is 10.5. The molecule has 0 saturated carbocycles. The number of aliphatic hydroxyl groups excluding tert-OH is 1. The molecule has 0 saturated heterocycles. The molecule has 2 aromatic carbocycles. The van der Waals surface area contributed by atoms with Gasteiger partial charge in [0.25, 0.3) is 5.91 Å². The van der Waals surface area contributed by atoms with Crippen LogP contribution in [0.2, 0.25) is 0 Å². The number of carbonyl (C=O) groups is 1. The molecule has 1 N–H and O–H groups in total. The minimum Gasteiger partial charge on any atom is -0.395 e. The number of aliphatic hydroxyl groups is 1. The Morgan fingerprint density at radius 3 is 2.38 bits per heavy atom. The second-order valence-corrected chi connectivity index (χ2v) is 5.29. The Bertz CT molecular complexity index is 787. The largest absolute Gasteiger partial charge is 0.395 e. The lowest BCUT2D eigenvalue weighted by Crippen LogP contribution is -2.33. The van der Waals surface area contributed by atoms with Gasteiger partial charge >= 0.3 is 0 Å². The highest BCUT2D eigenvalue weighted by Crippen LogP contribution is 2.10. The molecule has 0 aliphatic carbocycles. The fourth-order valence-electron chi connectivity index (χ4n) is 2.39. The van der Waals surface area contributed by atoms with Crippen LogP contribution in [0.25, 0.3) is 5.69 Å². The van der Waals surface area contributed by atoms with Gasteiger partial charge in [0, 0.05) is 13.1 Å². The van der Waals surface area contributed by atoms with E-state index in [0.29, 0.717) is 6.54 Å². The number of rotatable bonds is 6. The highest BCUT2D eigenvalue weighted by molar-refractivity contribution is 5.91. The van der Waals surface area contributed by atoms with Crippen molar-refractivity contribution in [3.8, 4) is 5.69 Å². The van der Waals surface area contributed by atoms with Crippen molar-refractivity contribution in [3.63, 3.8) is 0 Å². The van der Waals surface area contributed by atoms with Crippen molar-refractivity contribution in [1.29, 1.82) is 0 Å². The highest BCUT2D eigenvalue weighted by atomic mass is 16.3. The summed E-state index contributed by atoms with van der Waals surface area (Å²) >= 11 is 0. The monoisotopic (exact) mass is 322 g/mol. The predicted molar refractivity (Wildman–Crippen MR) is 89.6 cm³/mol. The molecule has 3 aromatic rings. The van der Waals surface area contributed by atoms with E-state index >= 15 is 0 Å². The summed E-state index contributed by atoms with van der Waals surface area (Å²) in [4.78, 5) is 15.7. The Morgan fingerprint density at radius 1 is 1.04 bits per heavy atom. The molecule has 1 heterocycles. The molecule has 0 radical (unpaired) electrons. The van der Waals surface area contributed by atoms with Crippen molar-refractivity contribution in [3.05, 3.63) is 78.1 Å². The van der Waals surface area contributed by atoms with E-state index in [1.807, 2.05) is 60.7 Å². The van der Waals surface area contributed by atoms with Crippen molar-refractivity contribution < 1.29 is 9.90 Å². The summed E-state index contributed by atoms with van der Waals surface area (Å²) in [6.45, 7) is 0.551. The molecule has 6 heteroatoms. The first-order valence-electron chi connectivity index (χ1n) is 7.70. The van der Waals surface area contributed by atoms with Crippen LogP contribution >= 0.6 is 0 Å². The maximum absolute atomic E-state index is 12.7. The van der Waals surface area contributed by atoms with Crippen LogP contribution in [-0.2, 0) is 6.54 Å². The zero-order chi connectivity index (χ0) is 16.8. The summed E-state index contributed by atoms with van der Waals surface area (Å²) < 4.78 is 0.